The van der Waals surface area contributed by atoms with Crippen LogP contribution in [0.15, 0.2) is 4.52 Å². The lowest BCUT2D eigenvalue weighted by Crippen LogP contribution is -2.17. The molecule has 1 amide bonds. The summed E-state index contributed by atoms with van der Waals surface area (Å²) in [5.41, 5.74) is 2.25. The number of alkyl halides is 3. The van der Waals surface area contributed by atoms with Crippen LogP contribution in [0.25, 0.3) is 0 Å². The Morgan fingerprint density at radius 2 is 2.17 bits per heavy atom. The minimum absolute atomic E-state index is 0.887. The Morgan fingerprint density at radius 1 is 1.58 bits per heavy atom. The van der Waals surface area contributed by atoms with Gasteiger partial charge in [-0.25, -0.2) is 0 Å². The maximum absolute atomic E-state index is 11.9. The van der Waals surface area contributed by atoms with Crippen LogP contribution in [0.4, 0.5) is 13.2 Å². The second-order valence-electron chi connectivity index (χ2n) is 1.87. The molecule has 1 heterocycles. The summed E-state index contributed by atoms with van der Waals surface area (Å²) in [4.78, 5) is 10.3. The van der Waals surface area contributed by atoms with Crippen molar-refractivity contribution in [3.63, 3.8) is 0 Å². The Labute approximate surface area is 64.1 Å². The van der Waals surface area contributed by atoms with E-state index < -0.39 is 23.3 Å². The molecule has 0 unspecified atom stereocenters. The van der Waals surface area contributed by atoms with E-state index in [0.717, 1.165) is 0 Å². The minimum atomic E-state index is -4.74. The molecule has 7 heteroatoms. The van der Waals surface area contributed by atoms with Crippen LogP contribution in [0, 0.1) is 6.26 Å². The zero-order valence-electron chi connectivity index (χ0n) is 5.47. The summed E-state index contributed by atoms with van der Waals surface area (Å²) in [5.74, 6) is -1.27. The highest BCUT2D eigenvalue weighted by molar-refractivity contribution is 5.93. The summed E-state index contributed by atoms with van der Waals surface area (Å²) >= 11 is 0. The van der Waals surface area contributed by atoms with E-state index in [1.165, 1.54) is 0 Å². The van der Waals surface area contributed by atoms with Gasteiger partial charge in [0.05, 0.1) is 0 Å². The Balaban J connectivity index is 3.17. The average molecular weight is 179 g/mol. The summed E-state index contributed by atoms with van der Waals surface area (Å²) in [6.07, 6.45) is -3.11. The second kappa shape index (κ2) is 2.50. The fraction of sp³-hybridized carbons (Fsp3) is 0.200. The number of amides is 1. The Bertz CT molecular complexity index is 304. The van der Waals surface area contributed by atoms with Crippen LogP contribution in [0.3, 0.4) is 0 Å². The van der Waals surface area contributed by atoms with Gasteiger partial charge in [-0.2, -0.15) is 13.2 Å². The fourth-order valence-electron chi connectivity index (χ4n) is 0.569. The topological polar surface area (TPSA) is 69.1 Å². The van der Waals surface area contributed by atoms with Gasteiger partial charge in [-0.15, -0.1) is 0 Å². The van der Waals surface area contributed by atoms with Gasteiger partial charge in [0.25, 0.3) is 5.91 Å². The summed E-state index contributed by atoms with van der Waals surface area (Å²) in [6, 6.07) is 0. The first kappa shape index (κ1) is 8.57. The average Bonchev–Trinajstić information content (AvgIpc) is 2.30. The molecule has 1 rings (SSSR count). The number of nitrogens with zero attached hydrogens (tertiary/aromatic N) is 1. The SMILES string of the molecule is NC(=O)c1[c]onc1C(F)(F)F. The number of aromatic nitrogens is 1. The Hall–Kier alpha value is -1.53. The lowest BCUT2D eigenvalue weighted by molar-refractivity contribution is -0.143. The number of hydrogen-bond donors (Lipinski definition) is 1. The normalized spacial score (nSPS) is 11.6. The number of hydrogen-bond acceptors (Lipinski definition) is 3. The van der Waals surface area contributed by atoms with Crippen molar-refractivity contribution in [1.82, 2.24) is 5.16 Å². The molecule has 1 aromatic heterocycles. The van der Waals surface area contributed by atoms with Gasteiger partial charge in [0.15, 0.2) is 0 Å². The number of carbonyl (C=O) groups is 1. The van der Waals surface area contributed by atoms with Crippen molar-refractivity contribution in [2.45, 2.75) is 6.18 Å². The van der Waals surface area contributed by atoms with Crippen LogP contribution < -0.4 is 5.73 Å². The molecule has 2 N–H and O–H groups in total. The van der Waals surface area contributed by atoms with Gasteiger partial charge >= 0.3 is 6.18 Å². The molecular weight excluding hydrogens is 177 g/mol. The number of rotatable bonds is 1. The predicted octanol–water partition coefficient (Wildman–Crippen LogP) is 0.592. The summed E-state index contributed by atoms with van der Waals surface area (Å²) in [6.45, 7) is 0. The highest BCUT2D eigenvalue weighted by Gasteiger charge is 2.39. The summed E-state index contributed by atoms with van der Waals surface area (Å²) in [5, 5.41) is 2.55. The van der Waals surface area contributed by atoms with Crippen molar-refractivity contribution in [3.8, 4) is 0 Å². The van der Waals surface area contributed by atoms with Crippen molar-refractivity contribution >= 4 is 5.91 Å². The molecule has 0 spiro atoms. The molecule has 1 aromatic rings. The van der Waals surface area contributed by atoms with Gasteiger partial charge in [-0.05, 0) is 0 Å². The van der Waals surface area contributed by atoms with Gasteiger partial charge in [-0.1, -0.05) is 5.16 Å². The van der Waals surface area contributed by atoms with Crippen molar-refractivity contribution in [3.05, 3.63) is 17.5 Å². The first-order chi connectivity index (χ1) is 5.43. The monoisotopic (exact) mass is 179 g/mol. The molecule has 0 aliphatic carbocycles. The van der Waals surface area contributed by atoms with Crippen LogP contribution in [0.1, 0.15) is 16.1 Å². The van der Waals surface area contributed by atoms with Gasteiger partial charge < -0.3 is 10.3 Å². The number of primary amides is 1. The molecule has 0 saturated carbocycles. The fourth-order valence-corrected chi connectivity index (χ4v) is 0.569. The predicted molar refractivity (Wildman–Crippen MR) is 28.9 cm³/mol. The third kappa shape index (κ3) is 1.39. The van der Waals surface area contributed by atoms with Crippen molar-refractivity contribution < 1.29 is 22.5 Å². The smallest absolute Gasteiger partial charge is 0.365 e. The van der Waals surface area contributed by atoms with Crippen molar-refractivity contribution in [2.75, 3.05) is 0 Å². The Morgan fingerprint density at radius 3 is 2.50 bits per heavy atom. The zero-order valence-corrected chi connectivity index (χ0v) is 5.47. The maximum Gasteiger partial charge on any atom is 0.437 e. The highest BCUT2D eigenvalue weighted by Crippen LogP contribution is 2.29. The van der Waals surface area contributed by atoms with Gasteiger partial charge in [0.1, 0.15) is 5.56 Å². The standard InChI is InChI=1S/C5H2F3N2O2/c6-5(7,8)3-2(4(9)11)1-12-10-3/h(H2,9,11). The second-order valence-corrected chi connectivity index (χ2v) is 1.87. The minimum Gasteiger partial charge on any atom is -0.365 e. The van der Waals surface area contributed by atoms with E-state index in [1.54, 1.807) is 6.26 Å². The van der Waals surface area contributed by atoms with Crippen LogP contribution in [-0.2, 0) is 6.18 Å². The number of carbonyl (C=O) groups excluding carboxylic acids is 1. The molecule has 0 aliphatic heterocycles. The molecule has 0 aromatic carbocycles. The highest BCUT2D eigenvalue weighted by atomic mass is 19.4. The lowest BCUT2D eigenvalue weighted by atomic mass is 10.2. The summed E-state index contributed by atoms with van der Waals surface area (Å²) < 4.78 is 39.5. The molecule has 0 bridgehead atoms. The lowest BCUT2D eigenvalue weighted by Gasteiger charge is -2.00. The van der Waals surface area contributed by atoms with Gasteiger partial charge in [0.2, 0.25) is 12.0 Å². The van der Waals surface area contributed by atoms with E-state index in [2.05, 4.69) is 15.4 Å². The molecule has 12 heavy (non-hydrogen) atoms. The van der Waals surface area contributed by atoms with Crippen molar-refractivity contribution in [2.24, 2.45) is 5.73 Å². The first-order valence-electron chi connectivity index (χ1n) is 2.67. The van der Waals surface area contributed by atoms with E-state index in [0.29, 0.717) is 0 Å². The maximum atomic E-state index is 11.9. The zero-order chi connectivity index (χ0) is 9.35. The third-order valence-corrected chi connectivity index (χ3v) is 1.04. The van der Waals surface area contributed by atoms with Crippen LogP contribution in [0.2, 0.25) is 0 Å². The van der Waals surface area contributed by atoms with Crippen molar-refractivity contribution in [1.29, 1.82) is 0 Å². The van der Waals surface area contributed by atoms with E-state index >= 15 is 0 Å². The molecular formula is C5H2F3N2O2. The summed E-state index contributed by atoms with van der Waals surface area (Å²) in [7, 11) is 0. The van der Waals surface area contributed by atoms with Gasteiger partial charge in [-0.3, -0.25) is 4.79 Å². The molecule has 0 fully saturated rings. The van der Waals surface area contributed by atoms with Crippen LogP contribution >= 0.6 is 0 Å². The molecule has 0 atom stereocenters. The quantitative estimate of drug-likeness (QED) is 0.685. The van der Waals surface area contributed by atoms with Gasteiger partial charge in [0, 0.05) is 0 Å². The molecule has 0 saturated heterocycles. The Kier molecular flexibility index (Phi) is 1.79. The van der Waals surface area contributed by atoms with E-state index in [4.69, 9.17) is 0 Å². The van der Waals surface area contributed by atoms with Crippen LogP contribution in [-0.4, -0.2) is 11.1 Å². The van der Waals surface area contributed by atoms with E-state index in [9.17, 15) is 18.0 Å². The van der Waals surface area contributed by atoms with Crippen LogP contribution in [0.5, 0.6) is 0 Å². The number of nitrogens with two attached hydrogens (primary N) is 1. The largest absolute Gasteiger partial charge is 0.437 e. The third-order valence-electron chi connectivity index (χ3n) is 1.04. The van der Waals surface area contributed by atoms with E-state index in [1.807, 2.05) is 0 Å². The molecule has 0 aliphatic rings. The van der Waals surface area contributed by atoms with E-state index in [-0.39, 0.29) is 0 Å². The molecule has 1 radical (unpaired) electrons. The molecule has 4 nitrogen and oxygen atoms in total. The number of halogens is 3. The first-order valence-corrected chi connectivity index (χ1v) is 2.67. The molecule has 65 valence electrons.